The Morgan fingerprint density at radius 2 is 1.68 bits per heavy atom. The zero-order valence-corrected chi connectivity index (χ0v) is 18.4. The summed E-state index contributed by atoms with van der Waals surface area (Å²) in [6.07, 6.45) is 2.18. The van der Waals surface area contributed by atoms with E-state index in [-0.39, 0.29) is 5.91 Å². The number of nitrogens with one attached hydrogen (secondary N) is 1. The van der Waals surface area contributed by atoms with Crippen molar-refractivity contribution in [3.05, 3.63) is 29.3 Å². The Morgan fingerprint density at radius 1 is 1.03 bits per heavy atom. The van der Waals surface area contributed by atoms with Crippen LogP contribution in [0, 0.1) is 13.8 Å². The van der Waals surface area contributed by atoms with Gasteiger partial charge >= 0.3 is 0 Å². The van der Waals surface area contributed by atoms with E-state index in [1.807, 2.05) is 6.92 Å². The molecule has 1 aliphatic heterocycles. The molecular formula is C22H26N4O5. The second kappa shape index (κ2) is 8.33. The van der Waals surface area contributed by atoms with Crippen molar-refractivity contribution in [2.24, 2.45) is 0 Å². The van der Waals surface area contributed by atoms with Gasteiger partial charge in [0.2, 0.25) is 11.5 Å². The van der Waals surface area contributed by atoms with Gasteiger partial charge < -0.3 is 28.8 Å². The highest BCUT2D eigenvalue weighted by molar-refractivity contribution is 6.15. The van der Waals surface area contributed by atoms with Crippen LogP contribution in [0.1, 0.15) is 34.8 Å². The second-order valence-corrected chi connectivity index (χ2v) is 7.37. The van der Waals surface area contributed by atoms with E-state index in [9.17, 15) is 4.79 Å². The maximum absolute atomic E-state index is 13.4. The molecule has 1 saturated heterocycles. The summed E-state index contributed by atoms with van der Waals surface area (Å²) in [6.45, 7) is 5.37. The number of carbonyl (C=O) groups is 1. The number of fused-ring (bicyclic) bond motifs is 1. The van der Waals surface area contributed by atoms with Crippen molar-refractivity contribution in [1.82, 2.24) is 9.97 Å². The molecule has 31 heavy (non-hydrogen) atoms. The minimum Gasteiger partial charge on any atom is -0.493 e. The number of aryl methyl sites for hydroxylation is 2. The Balaban J connectivity index is 1.77. The van der Waals surface area contributed by atoms with Gasteiger partial charge in [-0.1, -0.05) is 0 Å². The van der Waals surface area contributed by atoms with E-state index in [4.69, 9.17) is 18.6 Å². The first-order valence-electron chi connectivity index (χ1n) is 10.1. The number of furan rings is 1. The number of methoxy groups -OCH3 is 3. The number of benzene rings is 1. The number of hydrogen-bond donors (Lipinski definition) is 1. The molecule has 4 rings (SSSR count). The average molecular weight is 426 g/mol. The number of ether oxygens (including phenoxy) is 3. The van der Waals surface area contributed by atoms with E-state index in [0.29, 0.717) is 51.2 Å². The zero-order chi connectivity index (χ0) is 22.1. The van der Waals surface area contributed by atoms with Crippen molar-refractivity contribution < 1.29 is 23.4 Å². The third-order valence-corrected chi connectivity index (χ3v) is 5.38. The summed E-state index contributed by atoms with van der Waals surface area (Å²) in [5.74, 6) is 2.86. The van der Waals surface area contributed by atoms with Crippen molar-refractivity contribution in [3.8, 4) is 17.2 Å². The lowest BCUT2D eigenvalue weighted by Crippen LogP contribution is -2.21. The predicted molar refractivity (Wildman–Crippen MR) is 117 cm³/mol. The van der Waals surface area contributed by atoms with Gasteiger partial charge in [0, 0.05) is 30.9 Å². The van der Waals surface area contributed by atoms with E-state index >= 15 is 0 Å². The molecule has 9 heteroatoms. The smallest absolute Gasteiger partial charge is 0.260 e. The van der Waals surface area contributed by atoms with E-state index in [1.54, 1.807) is 19.1 Å². The van der Waals surface area contributed by atoms with Crippen LogP contribution in [0.5, 0.6) is 17.2 Å². The van der Waals surface area contributed by atoms with Crippen LogP contribution in [-0.2, 0) is 0 Å². The normalized spacial score (nSPS) is 13.5. The van der Waals surface area contributed by atoms with Crippen LogP contribution in [0.25, 0.3) is 11.1 Å². The Hall–Kier alpha value is -3.49. The molecule has 0 unspecified atom stereocenters. The summed E-state index contributed by atoms with van der Waals surface area (Å²) in [6, 6.07) is 3.36. The molecular weight excluding hydrogens is 400 g/mol. The van der Waals surface area contributed by atoms with Crippen LogP contribution in [0.4, 0.5) is 11.5 Å². The second-order valence-electron chi connectivity index (χ2n) is 7.37. The Labute approximate surface area is 180 Å². The third-order valence-electron chi connectivity index (χ3n) is 5.38. The lowest BCUT2D eigenvalue weighted by atomic mass is 10.1. The van der Waals surface area contributed by atoms with Crippen LogP contribution in [0.3, 0.4) is 0 Å². The van der Waals surface area contributed by atoms with Crippen molar-refractivity contribution in [1.29, 1.82) is 0 Å². The topological polar surface area (TPSA) is 99.0 Å². The Bertz CT molecular complexity index is 1110. The van der Waals surface area contributed by atoms with Crippen LogP contribution in [0.2, 0.25) is 0 Å². The summed E-state index contributed by atoms with van der Waals surface area (Å²) in [7, 11) is 4.58. The molecule has 0 saturated carbocycles. The maximum Gasteiger partial charge on any atom is 0.260 e. The molecule has 0 aliphatic carbocycles. The summed E-state index contributed by atoms with van der Waals surface area (Å²) in [5, 5.41) is 3.56. The number of nitrogens with zero attached hydrogens (tertiary/aromatic N) is 3. The summed E-state index contributed by atoms with van der Waals surface area (Å²) < 4.78 is 22.0. The predicted octanol–water partition coefficient (Wildman–Crippen LogP) is 3.72. The molecule has 1 amide bonds. The fraction of sp³-hybridized carbons (Fsp3) is 0.409. The molecule has 0 bridgehead atoms. The van der Waals surface area contributed by atoms with Gasteiger partial charge in [-0.3, -0.25) is 4.79 Å². The number of rotatable bonds is 6. The van der Waals surface area contributed by atoms with E-state index in [2.05, 4.69) is 20.2 Å². The highest BCUT2D eigenvalue weighted by Gasteiger charge is 2.27. The summed E-state index contributed by atoms with van der Waals surface area (Å²) in [5.41, 5.74) is 1.34. The van der Waals surface area contributed by atoms with Gasteiger partial charge in [0.05, 0.1) is 32.3 Å². The number of anilines is 2. The molecule has 0 spiro atoms. The highest BCUT2D eigenvalue weighted by Crippen LogP contribution is 2.40. The van der Waals surface area contributed by atoms with Gasteiger partial charge in [0.15, 0.2) is 11.5 Å². The number of aromatic nitrogens is 2. The van der Waals surface area contributed by atoms with Gasteiger partial charge in [-0.05, 0) is 26.7 Å². The van der Waals surface area contributed by atoms with Gasteiger partial charge in [0.1, 0.15) is 17.4 Å². The monoisotopic (exact) mass is 426 g/mol. The third kappa shape index (κ3) is 3.71. The first-order chi connectivity index (χ1) is 15.0. The van der Waals surface area contributed by atoms with Gasteiger partial charge in [-0.2, -0.15) is 4.98 Å². The molecule has 164 valence electrons. The highest BCUT2D eigenvalue weighted by atomic mass is 16.5. The number of hydrogen-bond acceptors (Lipinski definition) is 8. The lowest BCUT2D eigenvalue weighted by Gasteiger charge is -2.18. The van der Waals surface area contributed by atoms with Gasteiger partial charge in [0.25, 0.3) is 5.91 Å². The molecule has 3 heterocycles. The molecule has 1 N–H and O–H groups in total. The Morgan fingerprint density at radius 3 is 2.26 bits per heavy atom. The SMILES string of the molecule is COc1cc(NC(=O)c2c(C)oc3nc(C)nc(N4CCCC4)c23)cc(OC)c1OC. The van der Waals surface area contributed by atoms with E-state index in [1.165, 1.54) is 21.3 Å². The molecule has 0 atom stereocenters. The van der Waals surface area contributed by atoms with Crippen molar-refractivity contribution >= 4 is 28.5 Å². The largest absolute Gasteiger partial charge is 0.493 e. The molecule has 0 radical (unpaired) electrons. The van der Waals surface area contributed by atoms with Crippen LogP contribution < -0.4 is 24.4 Å². The molecule has 1 fully saturated rings. The quantitative estimate of drug-likeness (QED) is 0.637. The van der Waals surface area contributed by atoms with E-state index in [0.717, 1.165) is 31.7 Å². The molecule has 9 nitrogen and oxygen atoms in total. The van der Waals surface area contributed by atoms with Crippen molar-refractivity contribution in [2.75, 3.05) is 44.6 Å². The van der Waals surface area contributed by atoms with Crippen molar-refractivity contribution in [3.63, 3.8) is 0 Å². The molecule has 2 aromatic heterocycles. The first kappa shape index (κ1) is 20.8. The van der Waals surface area contributed by atoms with Gasteiger partial charge in [-0.15, -0.1) is 0 Å². The van der Waals surface area contributed by atoms with Crippen molar-refractivity contribution in [2.45, 2.75) is 26.7 Å². The first-order valence-corrected chi connectivity index (χ1v) is 10.1. The fourth-order valence-corrected chi connectivity index (χ4v) is 3.98. The van der Waals surface area contributed by atoms with Gasteiger partial charge in [-0.25, -0.2) is 4.98 Å². The minimum atomic E-state index is -0.321. The fourth-order valence-electron chi connectivity index (χ4n) is 3.98. The van der Waals surface area contributed by atoms with Crippen LogP contribution >= 0.6 is 0 Å². The average Bonchev–Trinajstić information content (AvgIpc) is 3.39. The molecule has 3 aromatic rings. The standard InChI is InChI=1S/C22H26N4O5/c1-12-17(18-20(26-8-6-7-9-26)23-13(2)24-22(18)31-12)21(27)25-14-10-15(28-3)19(30-5)16(11-14)29-4/h10-11H,6-9H2,1-5H3,(H,25,27). The van der Waals surface area contributed by atoms with Crippen LogP contribution in [0.15, 0.2) is 16.5 Å². The van der Waals surface area contributed by atoms with E-state index < -0.39 is 0 Å². The molecule has 1 aliphatic rings. The van der Waals surface area contributed by atoms with Crippen LogP contribution in [-0.4, -0.2) is 50.3 Å². The zero-order valence-electron chi connectivity index (χ0n) is 18.4. The minimum absolute atomic E-state index is 0.321. The lowest BCUT2D eigenvalue weighted by molar-refractivity contribution is 0.102. The number of carbonyl (C=O) groups excluding carboxylic acids is 1. The summed E-state index contributed by atoms with van der Waals surface area (Å²) >= 11 is 0. The maximum atomic E-state index is 13.4. The Kier molecular flexibility index (Phi) is 5.58. The molecule has 1 aromatic carbocycles. The number of amides is 1. The summed E-state index contributed by atoms with van der Waals surface area (Å²) in [4.78, 5) is 24.6.